The summed E-state index contributed by atoms with van der Waals surface area (Å²) >= 11 is 0. The molecular weight excluding hydrogens is 478 g/mol. The van der Waals surface area contributed by atoms with Crippen molar-refractivity contribution < 1.29 is 4.79 Å². The number of nitrogens with zero attached hydrogens (tertiary/aromatic N) is 6. The lowest BCUT2D eigenvalue weighted by molar-refractivity contribution is 0.262. The van der Waals surface area contributed by atoms with Gasteiger partial charge in [0.1, 0.15) is 11.8 Å². The molecule has 2 aromatic heterocycles. The van der Waals surface area contributed by atoms with Crippen molar-refractivity contribution in [3.63, 3.8) is 0 Å². The third kappa shape index (κ3) is 6.50. The van der Waals surface area contributed by atoms with Crippen LogP contribution in [0.1, 0.15) is 33.4 Å². The fraction of sp³-hybridized carbons (Fsp3) is 0.286. The Bertz CT molecular complexity index is 1400. The van der Waals surface area contributed by atoms with E-state index in [9.17, 15) is 4.79 Å². The molecule has 3 N–H and O–H groups in total. The van der Waals surface area contributed by atoms with Gasteiger partial charge in [0.15, 0.2) is 0 Å². The van der Waals surface area contributed by atoms with Gasteiger partial charge in [-0.2, -0.15) is 10.5 Å². The van der Waals surface area contributed by atoms with Crippen LogP contribution in [0, 0.1) is 23.2 Å². The van der Waals surface area contributed by atoms with Gasteiger partial charge in [0, 0.05) is 18.7 Å². The highest BCUT2D eigenvalue weighted by Crippen LogP contribution is 2.36. The van der Waals surface area contributed by atoms with E-state index in [2.05, 4.69) is 74.9 Å². The Morgan fingerprint density at radius 1 is 1.00 bits per heavy atom. The molecule has 0 spiro atoms. The van der Waals surface area contributed by atoms with Crippen LogP contribution in [-0.4, -0.2) is 44.7 Å². The van der Waals surface area contributed by atoms with Gasteiger partial charge in [0.25, 0.3) is 0 Å². The highest BCUT2D eigenvalue weighted by molar-refractivity contribution is 6.02. The number of H-pyrrole nitrogens is 1. The normalized spacial score (nSPS) is 10.9. The number of nitriles is 1. The zero-order chi connectivity index (χ0) is 27.1. The van der Waals surface area contributed by atoms with E-state index in [-0.39, 0.29) is 5.69 Å². The Balaban J connectivity index is 1.73. The van der Waals surface area contributed by atoms with E-state index in [0.717, 1.165) is 35.5 Å². The summed E-state index contributed by atoms with van der Waals surface area (Å²) in [4.78, 5) is 19.4. The molecule has 10 heteroatoms. The largest absolute Gasteiger partial charge is 0.369 e. The number of pyridine rings is 1. The number of carbonyl (C=O) groups is 1. The number of aromatic amines is 1. The molecule has 0 unspecified atom stereocenters. The van der Waals surface area contributed by atoms with E-state index in [1.807, 2.05) is 42.5 Å². The molecule has 2 heterocycles. The number of amides is 2. The molecule has 0 radical (unpaired) electrons. The van der Waals surface area contributed by atoms with Crippen molar-refractivity contribution in [1.29, 1.82) is 5.26 Å². The van der Waals surface area contributed by atoms with Crippen LogP contribution in [0.25, 0.3) is 22.5 Å². The molecule has 0 saturated carbocycles. The van der Waals surface area contributed by atoms with Crippen molar-refractivity contribution in [3.05, 3.63) is 66.5 Å². The number of carbonyl (C=O) groups excluding carboxylic acids is 1. The van der Waals surface area contributed by atoms with Gasteiger partial charge in [0.2, 0.25) is 5.82 Å². The number of hydrogen-bond acceptors (Lipinski definition) is 7. The van der Waals surface area contributed by atoms with E-state index in [1.165, 1.54) is 6.20 Å². The molecule has 0 fully saturated rings. The molecule has 0 bridgehead atoms. The summed E-state index contributed by atoms with van der Waals surface area (Å²) < 4.78 is 0. The summed E-state index contributed by atoms with van der Waals surface area (Å²) in [7, 11) is 0. The van der Waals surface area contributed by atoms with E-state index in [1.54, 1.807) is 12.1 Å². The van der Waals surface area contributed by atoms with E-state index in [4.69, 9.17) is 5.26 Å². The minimum atomic E-state index is -0.407. The van der Waals surface area contributed by atoms with Gasteiger partial charge in [-0.3, -0.25) is 0 Å². The lowest BCUT2D eigenvalue weighted by Gasteiger charge is -2.31. The molecule has 0 atom stereocenters. The Kier molecular flexibility index (Phi) is 8.28. The summed E-state index contributed by atoms with van der Waals surface area (Å²) in [5.74, 6) is 1.35. The molecule has 38 heavy (non-hydrogen) atoms. The highest BCUT2D eigenvalue weighted by Gasteiger charge is 2.19. The van der Waals surface area contributed by atoms with Crippen molar-refractivity contribution in [1.82, 2.24) is 25.6 Å². The van der Waals surface area contributed by atoms with Crippen LogP contribution in [-0.2, 0) is 0 Å². The van der Waals surface area contributed by atoms with Crippen LogP contribution < -0.4 is 15.5 Å². The van der Waals surface area contributed by atoms with Gasteiger partial charge < -0.3 is 15.5 Å². The monoisotopic (exact) mass is 509 g/mol. The first kappa shape index (κ1) is 26.3. The number of hydrogen-bond donors (Lipinski definition) is 3. The number of benzene rings is 2. The number of rotatable bonds is 9. The van der Waals surface area contributed by atoms with Gasteiger partial charge >= 0.3 is 6.03 Å². The molecule has 0 saturated heterocycles. The van der Waals surface area contributed by atoms with Crippen LogP contribution in [0.4, 0.5) is 21.9 Å². The average molecular weight is 510 g/mol. The molecule has 4 rings (SSSR count). The second-order valence-electron chi connectivity index (χ2n) is 9.83. The quantitative estimate of drug-likeness (QED) is 0.269. The van der Waals surface area contributed by atoms with Crippen molar-refractivity contribution in [3.8, 4) is 28.6 Å². The first-order valence-corrected chi connectivity index (χ1v) is 12.5. The Labute approximate surface area is 222 Å². The van der Waals surface area contributed by atoms with Gasteiger partial charge in [-0.25, -0.2) is 9.78 Å². The summed E-state index contributed by atoms with van der Waals surface area (Å²) in [5, 5.41) is 29.4. The molecule has 194 valence electrons. The molecule has 10 nitrogen and oxygen atoms in total. The van der Waals surface area contributed by atoms with Crippen LogP contribution in [0.5, 0.6) is 0 Å². The van der Waals surface area contributed by atoms with Crippen LogP contribution in [0.3, 0.4) is 0 Å². The smallest absolute Gasteiger partial charge is 0.323 e. The fourth-order valence-electron chi connectivity index (χ4n) is 4.26. The zero-order valence-electron chi connectivity index (χ0n) is 21.9. The standard InChI is InChI=1S/C28H31N9O/c1-18(2)16-37(17-19(3)4)26-12-9-20(23-7-5-6-8-24(23)27-33-35-36-34-27)13-25(26)32-28(38)31-22-11-10-21(14-29)30-15-22/h5-13,15,18-19H,16-17H2,1-4H3,(H2,31,32,38)(H,33,34,35,36). The second kappa shape index (κ2) is 12.0. The first-order chi connectivity index (χ1) is 18.3. The van der Waals surface area contributed by atoms with E-state index in [0.29, 0.717) is 29.0 Å². The van der Waals surface area contributed by atoms with Crippen LogP contribution in [0.2, 0.25) is 0 Å². The predicted octanol–water partition coefficient (Wildman–Crippen LogP) is 5.56. The maximum atomic E-state index is 13.1. The Morgan fingerprint density at radius 3 is 2.34 bits per heavy atom. The molecule has 2 amide bonds. The lowest BCUT2D eigenvalue weighted by Crippen LogP contribution is -2.32. The van der Waals surface area contributed by atoms with Crippen molar-refractivity contribution in [2.45, 2.75) is 27.7 Å². The summed E-state index contributed by atoms with van der Waals surface area (Å²) in [6.07, 6.45) is 1.46. The minimum Gasteiger partial charge on any atom is -0.369 e. The van der Waals surface area contributed by atoms with Gasteiger partial charge in [-0.05, 0) is 52.4 Å². The maximum absolute atomic E-state index is 13.1. The highest BCUT2D eigenvalue weighted by atomic mass is 16.2. The van der Waals surface area contributed by atoms with Gasteiger partial charge in [-0.1, -0.05) is 58.0 Å². The molecule has 4 aromatic rings. The first-order valence-electron chi connectivity index (χ1n) is 12.5. The second-order valence-corrected chi connectivity index (χ2v) is 9.83. The minimum absolute atomic E-state index is 0.282. The summed E-state index contributed by atoms with van der Waals surface area (Å²) in [6, 6.07) is 18.7. The number of anilines is 3. The third-order valence-electron chi connectivity index (χ3n) is 5.72. The number of urea groups is 1. The number of aromatic nitrogens is 5. The number of tetrazole rings is 1. The number of nitrogens with one attached hydrogen (secondary N) is 3. The summed E-state index contributed by atoms with van der Waals surface area (Å²) in [5.41, 5.74) is 5.02. The van der Waals surface area contributed by atoms with Crippen molar-refractivity contribution in [2.75, 3.05) is 28.6 Å². The van der Waals surface area contributed by atoms with Crippen LogP contribution in [0.15, 0.2) is 60.8 Å². The SMILES string of the molecule is CC(C)CN(CC(C)C)c1ccc(-c2ccccc2-c2nn[nH]n2)cc1NC(=O)Nc1ccc(C#N)nc1. The molecule has 0 aliphatic heterocycles. The molecule has 2 aromatic carbocycles. The summed E-state index contributed by atoms with van der Waals surface area (Å²) in [6.45, 7) is 10.4. The molecular formula is C28H31N9O. The third-order valence-corrected chi connectivity index (χ3v) is 5.72. The van der Waals surface area contributed by atoms with Crippen molar-refractivity contribution in [2.24, 2.45) is 11.8 Å². The molecule has 0 aliphatic carbocycles. The van der Waals surface area contributed by atoms with Crippen LogP contribution >= 0.6 is 0 Å². The van der Waals surface area contributed by atoms with E-state index >= 15 is 0 Å². The predicted molar refractivity (Wildman–Crippen MR) is 149 cm³/mol. The van der Waals surface area contributed by atoms with Gasteiger partial charge in [0.05, 0.1) is 23.3 Å². The fourth-order valence-corrected chi connectivity index (χ4v) is 4.26. The van der Waals surface area contributed by atoms with Gasteiger partial charge in [-0.15, -0.1) is 10.2 Å². The molecule has 0 aliphatic rings. The zero-order valence-corrected chi connectivity index (χ0v) is 21.9. The lowest BCUT2D eigenvalue weighted by atomic mass is 9.97. The average Bonchev–Trinajstić information content (AvgIpc) is 3.43. The van der Waals surface area contributed by atoms with Crippen molar-refractivity contribution >= 4 is 23.1 Å². The Morgan fingerprint density at radius 2 is 1.74 bits per heavy atom. The maximum Gasteiger partial charge on any atom is 0.323 e. The van der Waals surface area contributed by atoms with E-state index < -0.39 is 6.03 Å². The topological polar surface area (TPSA) is 136 Å². The Hall–Kier alpha value is -4.78.